The number of nitrogens with zero attached hydrogens (tertiary/aromatic N) is 1. The Morgan fingerprint density at radius 1 is 1.25 bits per heavy atom. The Morgan fingerprint density at radius 3 is 2.25 bits per heavy atom. The first-order valence-electron chi connectivity index (χ1n) is 6.60. The van der Waals surface area contributed by atoms with Gasteiger partial charge >= 0.3 is 120 Å². The van der Waals surface area contributed by atoms with Gasteiger partial charge < -0.3 is 0 Å². The van der Waals surface area contributed by atoms with Gasteiger partial charge in [-0.25, -0.2) is 0 Å². The second-order valence-corrected chi connectivity index (χ2v) is 7.09. The Morgan fingerprint density at radius 2 is 1.85 bits per heavy atom. The summed E-state index contributed by atoms with van der Waals surface area (Å²) in [6.07, 6.45) is -0.801. The summed E-state index contributed by atoms with van der Waals surface area (Å²) in [5, 5.41) is 28.5. The van der Waals surface area contributed by atoms with Gasteiger partial charge in [0.1, 0.15) is 0 Å². The molecule has 0 saturated carbocycles. The molecule has 0 radical (unpaired) electrons. The third-order valence-electron chi connectivity index (χ3n) is 2.97. The molecule has 0 saturated heterocycles. The van der Waals surface area contributed by atoms with Crippen LogP contribution in [0.4, 0.5) is 0 Å². The van der Waals surface area contributed by atoms with Crippen LogP contribution in [0.2, 0.25) is 0 Å². The molecule has 0 amide bonds. The average molecular weight is 309 g/mol. The molecule has 2 atom stereocenters. The standard InChI is InChI=1S/C11H24BNO6S/c1-9(2)7-10(8-15)13(4-5-14)11(16)3-6-20(18,19)12-17/h9-11,14-16H,3-8H2,1-2H3. The van der Waals surface area contributed by atoms with Crippen molar-refractivity contribution in [2.24, 2.45) is 5.92 Å². The molecule has 0 spiro atoms. The fourth-order valence-corrected chi connectivity index (χ4v) is 2.67. The molecule has 0 aromatic carbocycles. The Balaban J connectivity index is 4.74. The molecule has 0 aliphatic carbocycles. The molecule has 2 unspecified atom stereocenters. The van der Waals surface area contributed by atoms with Crippen LogP contribution in [-0.4, -0.2) is 72.8 Å². The van der Waals surface area contributed by atoms with Crippen LogP contribution in [0.5, 0.6) is 0 Å². The van der Waals surface area contributed by atoms with Gasteiger partial charge in [-0.05, 0) is 0 Å². The summed E-state index contributed by atoms with van der Waals surface area (Å²) < 4.78 is 32.5. The molecule has 0 bridgehead atoms. The van der Waals surface area contributed by atoms with Crippen LogP contribution in [0, 0.1) is 5.92 Å². The predicted molar refractivity (Wildman–Crippen MR) is 75.0 cm³/mol. The SMILES string of the molecule is CC(C)CC(CO)N(CCO)C(O)CCS(=O)(=O)B=O. The third kappa shape index (κ3) is 7.44. The molecule has 0 aliphatic heterocycles. The van der Waals surface area contributed by atoms with E-state index in [0.717, 1.165) is 0 Å². The van der Waals surface area contributed by atoms with Gasteiger partial charge in [-0.1, -0.05) is 0 Å². The first-order chi connectivity index (χ1) is 9.27. The van der Waals surface area contributed by atoms with Crippen LogP contribution >= 0.6 is 0 Å². The maximum atomic E-state index is 11.1. The molecular weight excluding hydrogens is 285 g/mol. The van der Waals surface area contributed by atoms with E-state index in [2.05, 4.69) is 0 Å². The van der Waals surface area contributed by atoms with Crippen molar-refractivity contribution in [2.45, 2.75) is 39.0 Å². The van der Waals surface area contributed by atoms with Crippen LogP contribution in [-0.2, 0) is 14.4 Å². The first kappa shape index (κ1) is 19.7. The molecule has 0 aromatic heterocycles. The van der Waals surface area contributed by atoms with Gasteiger partial charge in [-0.15, -0.1) is 0 Å². The third-order valence-corrected chi connectivity index (χ3v) is 4.07. The summed E-state index contributed by atoms with van der Waals surface area (Å²) in [6, 6.07) is -0.365. The monoisotopic (exact) mass is 309 g/mol. The van der Waals surface area contributed by atoms with Crippen LogP contribution in [0.1, 0.15) is 26.7 Å². The summed E-state index contributed by atoms with van der Waals surface area (Å²) >= 11 is 0. The van der Waals surface area contributed by atoms with Gasteiger partial charge in [-0.3, -0.25) is 0 Å². The number of hydrogen-bond donors (Lipinski definition) is 3. The number of hydrogen-bond acceptors (Lipinski definition) is 7. The summed E-state index contributed by atoms with van der Waals surface area (Å²) in [6.45, 7) is 3.63. The summed E-state index contributed by atoms with van der Waals surface area (Å²) in [7, 11) is -3.81. The minimum absolute atomic E-state index is 0.125. The molecule has 118 valence electrons. The van der Waals surface area contributed by atoms with Gasteiger partial charge in [0, 0.05) is 0 Å². The molecule has 9 heteroatoms. The number of aliphatic hydroxyl groups excluding tert-OH is 3. The van der Waals surface area contributed by atoms with E-state index in [-0.39, 0.29) is 44.6 Å². The van der Waals surface area contributed by atoms with E-state index in [1.807, 2.05) is 13.8 Å². The number of aliphatic hydroxyl groups is 3. The second kappa shape index (κ2) is 9.57. The molecular formula is C11H24BNO6S. The Kier molecular flexibility index (Phi) is 9.40. The van der Waals surface area contributed by atoms with E-state index in [1.54, 1.807) is 0 Å². The zero-order chi connectivity index (χ0) is 15.8. The topological polar surface area (TPSA) is 115 Å². The Bertz CT molecular complexity index is 375. The zero-order valence-corrected chi connectivity index (χ0v) is 12.8. The van der Waals surface area contributed by atoms with Crippen molar-refractivity contribution in [3.63, 3.8) is 0 Å². The van der Waals surface area contributed by atoms with E-state index in [0.29, 0.717) is 6.42 Å². The van der Waals surface area contributed by atoms with Crippen molar-refractivity contribution in [1.82, 2.24) is 4.90 Å². The fraction of sp³-hybridized carbons (Fsp3) is 1.00. The van der Waals surface area contributed by atoms with Gasteiger partial charge in [0.15, 0.2) is 0 Å². The molecule has 0 aliphatic rings. The van der Waals surface area contributed by atoms with Gasteiger partial charge in [0.05, 0.1) is 0 Å². The van der Waals surface area contributed by atoms with Gasteiger partial charge in [-0.2, -0.15) is 0 Å². The normalized spacial score (nSPS) is 15.3. The molecule has 0 fully saturated rings. The van der Waals surface area contributed by atoms with Crippen LogP contribution < -0.4 is 0 Å². The minimum atomic E-state index is -3.81. The quantitative estimate of drug-likeness (QED) is 0.323. The average Bonchev–Trinajstić information content (AvgIpc) is 2.39. The predicted octanol–water partition coefficient (Wildman–Crippen LogP) is -1.22. The Labute approximate surface area is 120 Å². The van der Waals surface area contributed by atoms with Gasteiger partial charge in [0.25, 0.3) is 0 Å². The summed E-state index contributed by atoms with van der Waals surface area (Å²) in [5.74, 6) is -0.182. The Hall–Kier alpha value is -0.345. The first-order valence-corrected chi connectivity index (χ1v) is 8.32. The van der Waals surface area contributed by atoms with Crippen molar-refractivity contribution < 1.29 is 28.4 Å². The van der Waals surface area contributed by atoms with E-state index in [4.69, 9.17) is 5.11 Å². The maximum absolute atomic E-state index is 11.1. The zero-order valence-electron chi connectivity index (χ0n) is 12.0. The van der Waals surface area contributed by atoms with Crippen LogP contribution in [0.15, 0.2) is 0 Å². The molecule has 0 heterocycles. The fourth-order valence-electron chi connectivity index (χ4n) is 2.03. The van der Waals surface area contributed by atoms with E-state index >= 15 is 0 Å². The summed E-state index contributed by atoms with van der Waals surface area (Å²) in [4.78, 5) is 1.47. The van der Waals surface area contributed by atoms with E-state index < -0.39 is 21.7 Å². The van der Waals surface area contributed by atoms with Crippen molar-refractivity contribution in [1.29, 1.82) is 0 Å². The second-order valence-electron chi connectivity index (χ2n) is 5.16. The van der Waals surface area contributed by atoms with E-state index in [1.165, 1.54) is 4.90 Å². The number of rotatable bonds is 11. The van der Waals surface area contributed by atoms with Crippen molar-refractivity contribution in [2.75, 3.05) is 25.5 Å². The molecule has 7 nitrogen and oxygen atoms in total. The molecule has 20 heavy (non-hydrogen) atoms. The molecule has 3 N–H and O–H groups in total. The van der Waals surface area contributed by atoms with Crippen LogP contribution in [0.25, 0.3) is 0 Å². The molecule has 0 aromatic rings. The molecule has 0 rings (SSSR count). The van der Waals surface area contributed by atoms with Crippen molar-refractivity contribution in [3.8, 4) is 0 Å². The van der Waals surface area contributed by atoms with Crippen LogP contribution in [0.3, 0.4) is 0 Å². The van der Waals surface area contributed by atoms with Crippen molar-refractivity contribution in [3.05, 3.63) is 0 Å². The van der Waals surface area contributed by atoms with Crippen molar-refractivity contribution >= 4 is 16.1 Å². The van der Waals surface area contributed by atoms with Gasteiger partial charge in [0.2, 0.25) is 0 Å². The van der Waals surface area contributed by atoms with E-state index in [9.17, 15) is 23.3 Å². The summed E-state index contributed by atoms with van der Waals surface area (Å²) in [5.41, 5.74) is 0.